The van der Waals surface area contributed by atoms with Crippen LogP contribution in [-0.2, 0) is 4.79 Å². The summed E-state index contributed by atoms with van der Waals surface area (Å²) in [6.07, 6.45) is 9.10. The number of aliphatic carboxylic acids is 1. The lowest BCUT2D eigenvalue weighted by Crippen LogP contribution is -2.54. The van der Waals surface area contributed by atoms with Crippen molar-refractivity contribution in [2.75, 3.05) is 19.6 Å². The number of pyridine rings is 1. The van der Waals surface area contributed by atoms with Crippen molar-refractivity contribution in [2.45, 2.75) is 51.6 Å². The molecule has 0 amide bonds. The van der Waals surface area contributed by atoms with Crippen molar-refractivity contribution in [3.63, 3.8) is 0 Å². The Morgan fingerprint density at radius 3 is 2.68 bits per heavy atom. The molecule has 0 radical (unpaired) electrons. The Bertz CT molecular complexity index is 648. The minimum Gasteiger partial charge on any atom is -0.478 e. The van der Waals surface area contributed by atoms with Gasteiger partial charge in [-0.1, -0.05) is 12.2 Å². The maximum Gasteiger partial charge on any atom is 0.348 e. The number of aromatic nitrogens is 1. The van der Waals surface area contributed by atoms with Crippen LogP contribution in [0.15, 0.2) is 24.3 Å². The summed E-state index contributed by atoms with van der Waals surface area (Å²) in [5, 5.41) is 9.83. The van der Waals surface area contributed by atoms with Crippen molar-refractivity contribution < 1.29 is 14.6 Å². The molecule has 0 spiro atoms. The summed E-state index contributed by atoms with van der Waals surface area (Å²) in [6.45, 7) is 6.38. The molecule has 1 atom stereocenters. The molecule has 2 heterocycles. The minimum atomic E-state index is -1.13. The summed E-state index contributed by atoms with van der Waals surface area (Å²) in [5.74, 6) is 0.415. The third kappa shape index (κ3) is 4.21. The van der Waals surface area contributed by atoms with Crippen molar-refractivity contribution in [2.24, 2.45) is 5.92 Å². The first-order valence-electron chi connectivity index (χ1n) is 9.22. The van der Waals surface area contributed by atoms with Crippen LogP contribution in [-0.4, -0.2) is 46.2 Å². The minimum absolute atomic E-state index is 0.512. The maximum absolute atomic E-state index is 12.0. The van der Waals surface area contributed by atoms with Crippen LogP contribution in [0.3, 0.4) is 0 Å². The monoisotopic (exact) mass is 344 g/mol. The first-order chi connectivity index (χ1) is 12.0. The van der Waals surface area contributed by atoms with Gasteiger partial charge < -0.3 is 14.7 Å². The third-order valence-electron chi connectivity index (χ3n) is 5.43. The van der Waals surface area contributed by atoms with Crippen molar-refractivity contribution in [3.8, 4) is 5.75 Å². The highest BCUT2D eigenvalue weighted by atomic mass is 16.5. The lowest BCUT2D eigenvalue weighted by Gasteiger charge is -2.40. The highest BCUT2D eigenvalue weighted by molar-refractivity contribution is 5.78. The predicted octanol–water partition coefficient (Wildman–Crippen LogP) is 3.35. The van der Waals surface area contributed by atoms with Gasteiger partial charge in [0, 0.05) is 38.2 Å². The van der Waals surface area contributed by atoms with Gasteiger partial charge in [0.05, 0.1) is 5.69 Å². The molecule has 25 heavy (non-hydrogen) atoms. The van der Waals surface area contributed by atoms with Gasteiger partial charge in [-0.05, 0) is 51.2 Å². The fourth-order valence-corrected chi connectivity index (χ4v) is 3.84. The first-order valence-corrected chi connectivity index (χ1v) is 9.22. The van der Waals surface area contributed by atoms with Crippen LogP contribution in [0.25, 0.3) is 0 Å². The molecule has 0 saturated carbocycles. The molecular weight excluding hydrogens is 316 g/mol. The third-order valence-corrected chi connectivity index (χ3v) is 5.43. The summed E-state index contributed by atoms with van der Waals surface area (Å²) < 4.78 is 6.03. The van der Waals surface area contributed by atoms with Crippen LogP contribution >= 0.6 is 0 Å². The molecule has 1 N–H and O–H groups in total. The summed E-state index contributed by atoms with van der Waals surface area (Å²) in [7, 11) is 0. The van der Waals surface area contributed by atoms with Crippen molar-refractivity contribution in [3.05, 3.63) is 35.7 Å². The van der Waals surface area contributed by atoms with Gasteiger partial charge in [-0.25, -0.2) is 4.79 Å². The normalized spacial score (nSPS) is 23.4. The molecule has 5 heteroatoms. The number of carboxylic acids is 1. The number of rotatable bonds is 5. The molecule has 2 aliphatic rings. The summed E-state index contributed by atoms with van der Waals surface area (Å²) in [4.78, 5) is 18.8. The topological polar surface area (TPSA) is 62.7 Å². The van der Waals surface area contributed by atoms with Gasteiger partial charge in [0.2, 0.25) is 5.60 Å². The zero-order valence-electron chi connectivity index (χ0n) is 15.2. The second kappa shape index (κ2) is 7.56. The van der Waals surface area contributed by atoms with Crippen LogP contribution in [0, 0.1) is 19.8 Å². The largest absolute Gasteiger partial charge is 0.478 e. The van der Waals surface area contributed by atoms with E-state index in [-0.39, 0.29) is 0 Å². The Hall–Kier alpha value is -1.88. The molecule has 0 bridgehead atoms. The Morgan fingerprint density at radius 1 is 1.32 bits per heavy atom. The fraction of sp³-hybridized carbons (Fsp3) is 0.600. The van der Waals surface area contributed by atoms with E-state index in [1.807, 2.05) is 26.0 Å². The van der Waals surface area contributed by atoms with Crippen LogP contribution < -0.4 is 4.74 Å². The molecule has 0 unspecified atom stereocenters. The van der Waals surface area contributed by atoms with Crippen molar-refractivity contribution in [1.82, 2.24) is 9.88 Å². The second-order valence-corrected chi connectivity index (χ2v) is 7.39. The molecule has 1 fully saturated rings. The number of hydrogen-bond donors (Lipinski definition) is 1. The molecule has 1 aliphatic heterocycles. The number of piperidine rings is 1. The van der Waals surface area contributed by atoms with E-state index in [0.29, 0.717) is 24.5 Å². The van der Waals surface area contributed by atoms with Gasteiger partial charge in [0.15, 0.2) is 0 Å². The Labute approximate surface area is 149 Å². The lowest BCUT2D eigenvalue weighted by atomic mass is 9.88. The molecule has 1 aliphatic carbocycles. The SMILES string of the molecule is Cc1ccc(OC2(C(=O)O)CCN(C[C@@H]3CC=CCC3)CC2)c(C)n1. The average molecular weight is 344 g/mol. The molecule has 3 rings (SSSR count). The zero-order valence-corrected chi connectivity index (χ0v) is 15.2. The van der Waals surface area contributed by atoms with Gasteiger partial charge in [-0.2, -0.15) is 0 Å². The molecule has 5 nitrogen and oxygen atoms in total. The summed E-state index contributed by atoms with van der Waals surface area (Å²) >= 11 is 0. The second-order valence-electron chi connectivity index (χ2n) is 7.39. The molecule has 0 aromatic carbocycles. The quantitative estimate of drug-likeness (QED) is 0.830. The molecule has 1 aromatic heterocycles. The van der Waals surface area contributed by atoms with Crippen LogP contribution in [0.1, 0.15) is 43.5 Å². The van der Waals surface area contributed by atoms with Gasteiger partial charge in [0.1, 0.15) is 5.75 Å². The van der Waals surface area contributed by atoms with Crippen LogP contribution in [0.4, 0.5) is 0 Å². The highest BCUT2D eigenvalue weighted by Crippen LogP contribution is 2.31. The van der Waals surface area contributed by atoms with Crippen LogP contribution in [0.2, 0.25) is 0 Å². The summed E-state index contributed by atoms with van der Waals surface area (Å²) in [6, 6.07) is 3.70. The van der Waals surface area contributed by atoms with E-state index in [0.717, 1.165) is 37.4 Å². The smallest absolute Gasteiger partial charge is 0.348 e. The zero-order chi connectivity index (χ0) is 17.9. The van der Waals surface area contributed by atoms with E-state index in [9.17, 15) is 9.90 Å². The van der Waals surface area contributed by atoms with Crippen LogP contribution in [0.5, 0.6) is 5.75 Å². The van der Waals surface area contributed by atoms with E-state index < -0.39 is 11.6 Å². The van der Waals surface area contributed by atoms with Gasteiger partial charge in [-0.15, -0.1) is 0 Å². The van der Waals surface area contributed by atoms with E-state index in [2.05, 4.69) is 22.0 Å². The number of carboxylic acid groups (broad SMARTS) is 1. The first kappa shape index (κ1) is 17.9. The van der Waals surface area contributed by atoms with Crippen molar-refractivity contribution in [1.29, 1.82) is 0 Å². The Kier molecular flexibility index (Phi) is 5.42. The Morgan fingerprint density at radius 2 is 2.08 bits per heavy atom. The van der Waals surface area contributed by atoms with Gasteiger partial charge in [-0.3, -0.25) is 4.98 Å². The number of allylic oxidation sites excluding steroid dienone is 2. The number of nitrogens with zero attached hydrogens (tertiary/aromatic N) is 2. The lowest BCUT2D eigenvalue weighted by molar-refractivity contribution is -0.160. The van der Waals surface area contributed by atoms with E-state index >= 15 is 0 Å². The number of ether oxygens (including phenoxy) is 1. The predicted molar refractivity (Wildman–Crippen MR) is 96.9 cm³/mol. The number of carbonyl (C=O) groups is 1. The van der Waals surface area contributed by atoms with Gasteiger partial charge in [0.25, 0.3) is 0 Å². The average Bonchev–Trinajstić information content (AvgIpc) is 2.60. The van der Waals surface area contributed by atoms with E-state index in [1.165, 1.54) is 12.8 Å². The molecule has 136 valence electrons. The molecule has 1 saturated heterocycles. The maximum atomic E-state index is 12.0. The Balaban J connectivity index is 1.64. The van der Waals surface area contributed by atoms with E-state index in [1.54, 1.807) is 0 Å². The fourth-order valence-electron chi connectivity index (χ4n) is 3.84. The number of likely N-dealkylation sites (tertiary alicyclic amines) is 1. The molecule has 1 aromatic rings. The molecular formula is C20H28N2O3. The van der Waals surface area contributed by atoms with Crippen molar-refractivity contribution >= 4 is 5.97 Å². The summed E-state index contributed by atoms with van der Waals surface area (Å²) in [5.41, 5.74) is 0.521. The standard InChI is InChI=1S/C20H28N2O3/c1-15-8-9-18(16(2)21-15)25-20(19(23)24)10-12-22(13-11-20)14-17-6-4-3-5-7-17/h3-4,8-9,17H,5-7,10-14H2,1-2H3,(H,23,24)/t17-/m1/s1. The van der Waals surface area contributed by atoms with E-state index in [4.69, 9.17) is 4.74 Å². The number of aryl methyl sites for hydroxylation is 2. The highest BCUT2D eigenvalue weighted by Gasteiger charge is 2.44. The van der Waals surface area contributed by atoms with Gasteiger partial charge >= 0.3 is 5.97 Å². The number of hydrogen-bond acceptors (Lipinski definition) is 4.